The van der Waals surface area contributed by atoms with Crippen molar-refractivity contribution in [3.8, 4) is 0 Å². The minimum Gasteiger partial charge on any atom is -0.477 e. The van der Waals surface area contributed by atoms with Gasteiger partial charge in [-0.2, -0.15) is 0 Å². The SMILES string of the molecule is O=C(O)c1c(F)ccc(S(=O)(=O)NCc2ccno2)c1F. The van der Waals surface area contributed by atoms with Crippen LogP contribution in [-0.2, 0) is 16.6 Å². The monoisotopic (exact) mass is 318 g/mol. The fourth-order valence-electron chi connectivity index (χ4n) is 1.51. The summed E-state index contributed by atoms with van der Waals surface area (Å²) >= 11 is 0. The zero-order valence-corrected chi connectivity index (χ0v) is 11.0. The summed E-state index contributed by atoms with van der Waals surface area (Å²) in [4.78, 5) is 9.78. The van der Waals surface area contributed by atoms with E-state index in [1.807, 2.05) is 4.72 Å². The van der Waals surface area contributed by atoms with E-state index < -0.39 is 38.1 Å². The molecular formula is C11H8F2N2O5S. The molecule has 0 atom stereocenters. The van der Waals surface area contributed by atoms with Gasteiger partial charge in [0.25, 0.3) is 0 Å². The standard InChI is InChI=1S/C11H8F2N2O5S/c12-7-1-2-8(10(13)9(7)11(16)17)21(18,19)15-5-6-3-4-14-20-6/h1-4,15H,5H2,(H,16,17). The largest absolute Gasteiger partial charge is 0.477 e. The van der Waals surface area contributed by atoms with Gasteiger partial charge in [-0.3, -0.25) is 0 Å². The minimum atomic E-state index is -4.38. The molecule has 2 aromatic rings. The number of hydrogen-bond donors (Lipinski definition) is 2. The first-order chi connectivity index (χ1) is 9.83. The normalized spacial score (nSPS) is 11.5. The molecule has 0 aliphatic heterocycles. The number of aromatic nitrogens is 1. The number of nitrogens with one attached hydrogen (secondary N) is 1. The molecule has 0 spiro atoms. The summed E-state index contributed by atoms with van der Waals surface area (Å²) < 4.78 is 57.5. The molecule has 0 unspecified atom stereocenters. The quantitative estimate of drug-likeness (QED) is 0.855. The molecule has 0 saturated heterocycles. The highest BCUT2D eigenvalue weighted by atomic mass is 32.2. The van der Waals surface area contributed by atoms with Crippen molar-refractivity contribution in [1.82, 2.24) is 9.88 Å². The molecule has 7 nitrogen and oxygen atoms in total. The molecule has 1 aromatic heterocycles. The van der Waals surface area contributed by atoms with Gasteiger partial charge in [0.05, 0.1) is 12.7 Å². The summed E-state index contributed by atoms with van der Waals surface area (Å²) in [6, 6.07) is 2.58. The number of benzene rings is 1. The number of aromatic carboxylic acids is 1. The highest BCUT2D eigenvalue weighted by Crippen LogP contribution is 2.21. The van der Waals surface area contributed by atoms with Crippen molar-refractivity contribution in [3.63, 3.8) is 0 Å². The topological polar surface area (TPSA) is 110 Å². The van der Waals surface area contributed by atoms with E-state index in [-0.39, 0.29) is 12.3 Å². The third kappa shape index (κ3) is 3.06. The van der Waals surface area contributed by atoms with Gasteiger partial charge in [-0.05, 0) is 12.1 Å². The Morgan fingerprint density at radius 3 is 2.62 bits per heavy atom. The minimum absolute atomic E-state index is 0.166. The van der Waals surface area contributed by atoms with E-state index in [2.05, 4.69) is 9.68 Å². The van der Waals surface area contributed by atoms with Gasteiger partial charge in [0.1, 0.15) is 16.3 Å². The number of nitrogens with zero attached hydrogens (tertiary/aromatic N) is 1. The Labute approximate surface area is 117 Å². The van der Waals surface area contributed by atoms with Crippen LogP contribution in [0.4, 0.5) is 8.78 Å². The van der Waals surface area contributed by atoms with Crippen LogP contribution in [0.5, 0.6) is 0 Å². The van der Waals surface area contributed by atoms with Crippen molar-refractivity contribution in [1.29, 1.82) is 0 Å². The maximum absolute atomic E-state index is 13.9. The van der Waals surface area contributed by atoms with Crippen molar-refractivity contribution < 1.29 is 31.6 Å². The lowest BCUT2D eigenvalue weighted by atomic mass is 10.2. The van der Waals surface area contributed by atoms with Crippen molar-refractivity contribution >= 4 is 16.0 Å². The maximum Gasteiger partial charge on any atom is 0.341 e. The first-order valence-electron chi connectivity index (χ1n) is 5.43. The lowest BCUT2D eigenvalue weighted by Gasteiger charge is -2.08. The van der Waals surface area contributed by atoms with E-state index in [4.69, 9.17) is 5.11 Å². The molecule has 0 aliphatic rings. The molecule has 112 valence electrons. The lowest BCUT2D eigenvalue weighted by Crippen LogP contribution is -2.25. The van der Waals surface area contributed by atoms with Gasteiger partial charge in [-0.15, -0.1) is 0 Å². The fraction of sp³-hybridized carbons (Fsp3) is 0.0909. The third-order valence-corrected chi connectivity index (χ3v) is 3.91. The second-order valence-corrected chi connectivity index (χ2v) is 5.58. The van der Waals surface area contributed by atoms with Crippen LogP contribution in [0.15, 0.2) is 33.8 Å². The van der Waals surface area contributed by atoms with E-state index in [1.165, 1.54) is 12.3 Å². The highest BCUT2D eigenvalue weighted by Gasteiger charge is 2.26. The summed E-state index contributed by atoms with van der Waals surface area (Å²) in [7, 11) is -4.38. The molecule has 21 heavy (non-hydrogen) atoms. The Kier molecular flexibility index (Phi) is 4.00. The average molecular weight is 318 g/mol. The zero-order valence-electron chi connectivity index (χ0n) is 10.2. The van der Waals surface area contributed by atoms with Gasteiger partial charge in [0, 0.05) is 6.07 Å². The van der Waals surface area contributed by atoms with Crippen LogP contribution in [0.25, 0.3) is 0 Å². The van der Waals surface area contributed by atoms with Crippen LogP contribution in [0.2, 0.25) is 0 Å². The molecule has 2 rings (SSSR count). The van der Waals surface area contributed by atoms with Crippen molar-refractivity contribution in [2.45, 2.75) is 11.4 Å². The van der Waals surface area contributed by atoms with Gasteiger partial charge in [-0.25, -0.2) is 26.7 Å². The Bertz CT molecular complexity index is 774. The smallest absolute Gasteiger partial charge is 0.341 e. The first kappa shape index (κ1) is 15.1. The summed E-state index contributed by atoms with van der Waals surface area (Å²) in [5, 5.41) is 12.0. The van der Waals surface area contributed by atoms with E-state index >= 15 is 0 Å². The van der Waals surface area contributed by atoms with Crippen LogP contribution in [-0.4, -0.2) is 24.7 Å². The predicted molar refractivity (Wildman–Crippen MR) is 63.8 cm³/mol. The van der Waals surface area contributed by atoms with Crippen molar-refractivity contribution in [3.05, 3.63) is 47.4 Å². The van der Waals surface area contributed by atoms with Gasteiger partial charge >= 0.3 is 5.97 Å². The van der Waals surface area contributed by atoms with Crippen LogP contribution < -0.4 is 4.72 Å². The van der Waals surface area contributed by atoms with Gasteiger partial charge < -0.3 is 9.63 Å². The molecule has 10 heteroatoms. The van der Waals surface area contributed by atoms with Gasteiger partial charge in [0.15, 0.2) is 11.6 Å². The third-order valence-electron chi connectivity index (χ3n) is 2.49. The maximum atomic E-state index is 13.9. The number of halogens is 2. The molecule has 0 bridgehead atoms. The van der Waals surface area contributed by atoms with E-state index in [0.717, 1.165) is 0 Å². The van der Waals surface area contributed by atoms with E-state index in [9.17, 15) is 22.0 Å². The lowest BCUT2D eigenvalue weighted by molar-refractivity contribution is 0.0685. The molecule has 0 saturated carbocycles. The molecule has 0 amide bonds. The molecule has 1 aromatic carbocycles. The van der Waals surface area contributed by atoms with Gasteiger partial charge in [0.2, 0.25) is 10.0 Å². The number of carboxylic acids is 1. The molecule has 0 radical (unpaired) electrons. The number of sulfonamides is 1. The van der Waals surface area contributed by atoms with E-state index in [1.54, 1.807) is 0 Å². The Hall–Kier alpha value is -2.33. The Morgan fingerprint density at radius 1 is 1.33 bits per heavy atom. The molecule has 1 heterocycles. The highest BCUT2D eigenvalue weighted by molar-refractivity contribution is 7.89. The van der Waals surface area contributed by atoms with E-state index in [0.29, 0.717) is 12.1 Å². The van der Waals surface area contributed by atoms with Crippen LogP contribution in [0, 0.1) is 11.6 Å². The molecule has 2 N–H and O–H groups in total. The average Bonchev–Trinajstić information content (AvgIpc) is 2.88. The molecule has 0 fully saturated rings. The Balaban J connectivity index is 2.36. The molecular weight excluding hydrogens is 310 g/mol. The number of carboxylic acid groups (broad SMARTS) is 1. The first-order valence-corrected chi connectivity index (χ1v) is 6.92. The second-order valence-electron chi connectivity index (χ2n) is 3.84. The van der Waals surface area contributed by atoms with Crippen molar-refractivity contribution in [2.75, 3.05) is 0 Å². The number of hydrogen-bond acceptors (Lipinski definition) is 5. The summed E-state index contributed by atoms with van der Waals surface area (Å²) in [5.74, 6) is -4.78. The predicted octanol–water partition coefficient (Wildman–Crippen LogP) is 1.13. The number of carbonyl (C=O) groups is 1. The Morgan fingerprint density at radius 2 is 2.05 bits per heavy atom. The fourth-order valence-corrected chi connectivity index (χ4v) is 2.59. The van der Waals surface area contributed by atoms with Crippen LogP contribution >= 0.6 is 0 Å². The molecule has 0 aliphatic carbocycles. The number of rotatable bonds is 5. The summed E-state index contributed by atoms with van der Waals surface area (Å²) in [5.41, 5.74) is -1.34. The second kappa shape index (κ2) is 5.58. The van der Waals surface area contributed by atoms with Crippen molar-refractivity contribution in [2.24, 2.45) is 0 Å². The van der Waals surface area contributed by atoms with Crippen LogP contribution in [0.1, 0.15) is 16.1 Å². The zero-order chi connectivity index (χ0) is 15.6. The van der Waals surface area contributed by atoms with Crippen LogP contribution in [0.3, 0.4) is 0 Å². The summed E-state index contributed by atoms with van der Waals surface area (Å²) in [6.07, 6.45) is 1.28. The van der Waals surface area contributed by atoms with Gasteiger partial charge in [-0.1, -0.05) is 5.16 Å². The summed E-state index contributed by atoms with van der Waals surface area (Å²) in [6.45, 7) is -0.318.